The van der Waals surface area contributed by atoms with E-state index in [1.54, 1.807) is 0 Å². The molecule has 15 heteroatoms. The molecule has 3 aromatic rings. The minimum atomic E-state index is -4.62. The highest BCUT2D eigenvalue weighted by molar-refractivity contribution is 5.88. The van der Waals surface area contributed by atoms with E-state index in [-0.39, 0.29) is 16.7 Å². The smallest absolute Gasteiger partial charge is 0.416 e. The summed E-state index contributed by atoms with van der Waals surface area (Å²) in [6.45, 7) is -0.361. The van der Waals surface area contributed by atoms with Crippen molar-refractivity contribution >= 4 is 36.1 Å². The molecule has 0 spiro atoms. The van der Waals surface area contributed by atoms with Gasteiger partial charge >= 0.3 is 36.4 Å². The number of esters is 3. The second-order valence-corrected chi connectivity index (χ2v) is 11.0. The molecule has 0 aliphatic carbocycles. The first-order valence-corrected chi connectivity index (χ1v) is 14.3. The average molecular weight is 715 g/mol. The molecule has 0 amide bonds. The summed E-state index contributed by atoms with van der Waals surface area (Å²) in [5.74, 6) is -3.08. The van der Waals surface area contributed by atoms with Gasteiger partial charge in [0.2, 0.25) is 0 Å². The Morgan fingerprint density at radius 3 is 1.00 bits per heavy atom. The molecule has 266 valence electrons. The molecule has 0 atom stereocenters. The second-order valence-electron chi connectivity index (χ2n) is 11.0. The van der Waals surface area contributed by atoms with Crippen molar-refractivity contribution in [2.24, 2.45) is 5.41 Å². The molecule has 3 aromatic carbocycles. The fourth-order valence-corrected chi connectivity index (χ4v) is 3.95. The van der Waals surface area contributed by atoms with Crippen LogP contribution in [-0.2, 0) is 47.1 Å². The van der Waals surface area contributed by atoms with Crippen LogP contribution in [-0.4, -0.2) is 37.7 Å². The summed E-state index contributed by atoms with van der Waals surface area (Å²) in [4.78, 5) is 37.2. The molecule has 6 nitrogen and oxygen atoms in total. The molecule has 0 unspecified atom stereocenters. The summed E-state index contributed by atoms with van der Waals surface area (Å²) < 4.78 is 132. The third kappa shape index (κ3) is 12.9. The zero-order chi connectivity index (χ0) is 37.2. The lowest BCUT2D eigenvalue weighted by atomic mass is 9.94. The van der Waals surface area contributed by atoms with Gasteiger partial charge in [0.25, 0.3) is 0 Å². The van der Waals surface area contributed by atoms with E-state index in [1.807, 2.05) is 0 Å². The van der Waals surface area contributed by atoms with Crippen LogP contribution in [0.4, 0.5) is 39.5 Å². The van der Waals surface area contributed by atoms with Crippen molar-refractivity contribution in [3.8, 4) is 0 Å². The molecule has 0 aromatic heterocycles. The Balaban J connectivity index is 1.70. The third-order valence-corrected chi connectivity index (χ3v) is 6.57. The first kappa shape index (κ1) is 39.1. The van der Waals surface area contributed by atoms with Gasteiger partial charge in [-0.2, -0.15) is 39.5 Å². The fraction of sp³-hybridized carbons (Fsp3) is 0.229. The number of hydrogen-bond acceptors (Lipinski definition) is 6. The Morgan fingerprint density at radius 2 is 0.760 bits per heavy atom. The van der Waals surface area contributed by atoms with Crippen molar-refractivity contribution in [3.63, 3.8) is 0 Å². The van der Waals surface area contributed by atoms with Gasteiger partial charge in [0.15, 0.2) is 0 Å². The Kier molecular flexibility index (Phi) is 12.8. The Labute approximate surface area is 279 Å². The molecule has 0 N–H and O–H groups in total. The molecule has 0 aliphatic heterocycles. The SMILES string of the molecule is CC(COC(=O)/C=C/c1cccc(C(F)(F)F)c1)(COC(=O)/C=C/c1cccc(C(F)(F)F)c1)COC(=O)/C=C/c1cccc(C(F)(F)F)c1. The highest BCUT2D eigenvalue weighted by Gasteiger charge is 2.33. The first-order chi connectivity index (χ1) is 23.2. The van der Waals surface area contributed by atoms with Gasteiger partial charge in [0.1, 0.15) is 19.8 Å². The highest BCUT2D eigenvalue weighted by Crippen LogP contribution is 2.32. The number of alkyl halides is 9. The summed E-state index contributed by atoms with van der Waals surface area (Å²) in [5, 5.41) is 0. The minimum absolute atomic E-state index is 0.0301. The molecule has 0 fully saturated rings. The number of benzene rings is 3. The van der Waals surface area contributed by atoms with Crippen LogP contribution >= 0.6 is 0 Å². The van der Waals surface area contributed by atoms with Gasteiger partial charge in [0.05, 0.1) is 22.1 Å². The summed E-state index contributed by atoms with van der Waals surface area (Å²) in [5.41, 5.74) is -4.22. The van der Waals surface area contributed by atoms with Crippen LogP contribution < -0.4 is 0 Å². The zero-order valence-electron chi connectivity index (χ0n) is 25.9. The van der Waals surface area contributed by atoms with Crippen molar-refractivity contribution in [3.05, 3.63) is 124 Å². The van der Waals surface area contributed by atoms with Crippen LogP contribution in [0.3, 0.4) is 0 Å². The average Bonchev–Trinajstić information content (AvgIpc) is 3.05. The van der Waals surface area contributed by atoms with Gasteiger partial charge in [-0.15, -0.1) is 0 Å². The van der Waals surface area contributed by atoms with Crippen LogP contribution in [0.25, 0.3) is 18.2 Å². The van der Waals surface area contributed by atoms with Crippen molar-refractivity contribution in [1.29, 1.82) is 0 Å². The monoisotopic (exact) mass is 714 g/mol. The number of halogens is 9. The maximum atomic E-state index is 13.0. The van der Waals surface area contributed by atoms with Crippen molar-refractivity contribution in [1.82, 2.24) is 0 Å². The summed E-state index contributed by atoms with van der Waals surface area (Å²) in [6.07, 6.45) is -8.16. The summed E-state index contributed by atoms with van der Waals surface area (Å²) in [7, 11) is 0. The zero-order valence-corrected chi connectivity index (χ0v) is 25.9. The van der Waals surface area contributed by atoms with E-state index in [0.717, 1.165) is 91.1 Å². The standard InChI is InChI=1S/C35H27F9O6/c1-32(20-48-29(45)14-11-23-5-2-8-26(17-23)33(36,37)38,21-49-30(46)15-12-24-6-3-9-27(18-24)34(39,40)41)22-50-31(47)16-13-25-7-4-10-28(19-25)35(42,43)44/h2-19H,20-22H2,1H3/b14-11+,15-12+,16-13+. The van der Waals surface area contributed by atoms with Gasteiger partial charge in [-0.25, -0.2) is 14.4 Å². The summed E-state index contributed by atoms with van der Waals surface area (Å²) >= 11 is 0. The predicted octanol–water partition coefficient (Wildman–Crippen LogP) is 8.82. The fourth-order valence-electron chi connectivity index (χ4n) is 3.95. The first-order valence-electron chi connectivity index (χ1n) is 14.3. The molecule has 3 rings (SSSR count). The van der Waals surface area contributed by atoms with Gasteiger partial charge < -0.3 is 14.2 Å². The van der Waals surface area contributed by atoms with E-state index >= 15 is 0 Å². The molecule has 0 heterocycles. The normalized spacial score (nSPS) is 12.8. The lowest BCUT2D eigenvalue weighted by Gasteiger charge is -2.27. The van der Waals surface area contributed by atoms with Crippen molar-refractivity contribution < 1.29 is 68.1 Å². The number of carbonyl (C=O) groups is 3. The van der Waals surface area contributed by atoms with Gasteiger partial charge in [-0.1, -0.05) is 36.4 Å². The number of rotatable bonds is 12. The van der Waals surface area contributed by atoms with E-state index in [2.05, 4.69) is 0 Å². The topological polar surface area (TPSA) is 78.9 Å². The largest absolute Gasteiger partial charge is 0.462 e. The van der Waals surface area contributed by atoms with E-state index < -0.39 is 78.4 Å². The van der Waals surface area contributed by atoms with Crippen LogP contribution in [0.15, 0.2) is 91.0 Å². The molecular weight excluding hydrogens is 687 g/mol. The minimum Gasteiger partial charge on any atom is -0.462 e. The quantitative estimate of drug-likeness (QED) is 0.0808. The van der Waals surface area contributed by atoms with Crippen molar-refractivity contribution in [2.45, 2.75) is 25.5 Å². The van der Waals surface area contributed by atoms with E-state index in [0.29, 0.717) is 0 Å². The lowest BCUT2D eigenvalue weighted by molar-refractivity contribution is -0.154. The third-order valence-electron chi connectivity index (χ3n) is 6.57. The van der Waals surface area contributed by atoms with E-state index in [4.69, 9.17) is 14.2 Å². The predicted molar refractivity (Wildman–Crippen MR) is 162 cm³/mol. The van der Waals surface area contributed by atoms with Crippen LogP contribution in [0.5, 0.6) is 0 Å². The number of ether oxygens (including phenoxy) is 3. The van der Waals surface area contributed by atoms with Crippen LogP contribution in [0, 0.1) is 5.41 Å². The Morgan fingerprint density at radius 1 is 0.500 bits per heavy atom. The van der Waals surface area contributed by atoms with Gasteiger partial charge in [-0.3, -0.25) is 0 Å². The Hall–Kier alpha value is -5.34. The van der Waals surface area contributed by atoms with Crippen molar-refractivity contribution in [2.75, 3.05) is 19.8 Å². The molecule has 0 bridgehead atoms. The maximum absolute atomic E-state index is 13.0. The number of carbonyl (C=O) groups excluding carboxylic acids is 3. The lowest BCUT2D eigenvalue weighted by Crippen LogP contribution is -2.36. The second kappa shape index (κ2) is 16.4. The molecule has 0 saturated carbocycles. The maximum Gasteiger partial charge on any atom is 0.416 e. The number of hydrogen-bond donors (Lipinski definition) is 0. The molecule has 50 heavy (non-hydrogen) atoms. The van der Waals surface area contributed by atoms with Crippen LogP contribution in [0.1, 0.15) is 40.3 Å². The highest BCUT2D eigenvalue weighted by atomic mass is 19.4. The Bertz CT molecular complexity index is 1550. The summed E-state index contributed by atoms with van der Waals surface area (Å²) in [6, 6.07) is 12.2. The molecule has 0 saturated heterocycles. The molecule has 0 aliphatic rings. The van der Waals surface area contributed by atoms with Gasteiger partial charge in [0, 0.05) is 18.2 Å². The van der Waals surface area contributed by atoms with E-state index in [9.17, 15) is 53.9 Å². The molecular formula is C35H27F9O6. The van der Waals surface area contributed by atoms with E-state index in [1.165, 1.54) is 25.1 Å². The van der Waals surface area contributed by atoms with Gasteiger partial charge in [-0.05, 0) is 78.2 Å². The van der Waals surface area contributed by atoms with Crippen LogP contribution in [0.2, 0.25) is 0 Å². The molecule has 0 radical (unpaired) electrons.